The molecule has 0 fully saturated rings. The molecule has 4 nitrogen and oxygen atoms in total. The highest BCUT2D eigenvalue weighted by Crippen LogP contribution is 2.23. The maximum absolute atomic E-state index is 9.78. The highest BCUT2D eigenvalue weighted by atomic mass is 16.5. The van der Waals surface area contributed by atoms with Crippen LogP contribution in [-0.2, 0) is 12.8 Å². The zero-order valence-electron chi connectivity index (χ0n) is 11.9. The van der Waals surface area contributed by atoms with Gasteiger partial charge in [-0.25, -0.2) is 4.98 Å². The van der Waals surface area contributed by atoms with Crippen LogP contribution >= 0.6 is 0 Å². The number of rotatable bonds is 6. The molecule has 19 heavy (non-hydrogen) atoms. The van der Waals surface area contributed by atoms with E-state index >= 15 is 0 Å². The highest BCUT2D eigenvalue weighted by Gasteiger charge is 2.12. The van der Waals surface area contributed by atoms with Crippen molar-refractivity contribution in [3.8, 4) is 5.88 Å². The highest BCUT2D eigenvalue weighted by molar-refractivity contribution is 5.31. The van der Waals surface area contributed by atoms with Gasteiger partial charge in [-0.05, 0) is 36.8 Å². The molecule has 0 aromatic carbocycles. The van der Waals surface area contributed by atoms with Crippen LogP contribution in [0.3, 0.4) is 0 Å². The summed E-state index contributed by atoms with van der Waals surface area (Å²) in [7, 11) is 0. The predicted molar refractivity (Wildman–Crippen MR) is 75.5 cm³/mol. The van der Waals surface area contributed by atoms with Gasteiger partial charge in [0.25, 0.3) is 0 Å². The fourth-order valence-electron chi connectivity index (χ4n) is 2.28. The van der Waals surface area contributed by atoms with E-state index in [1.165, 1.54) is 24.0 Å². The van der Waals surface area contributed by atoms with Crippen molar-refractivity contribution < 1.29 is 9.84 Å². The van der Waals surface area contributed by atoms with Crippen molar-refractivity contribution in [2.75, 3.05) is 13.2 Å². The lowest BCUT2D eigenvalue weighted by Gasteiger charge is -2.17. The lowest BCUT2D eigenvalue weighted by Crippen LogP contribution is -2.35. The number of aryl methyl sites for hydroxylation is 2. The minimum Gasteiger partial charge on any atom is -0.475 e. The van der Waals surface area contributed by atoms with Crippen molar-refractivity contribution in [2.45, 2.75) is 51.7 Å². The second kappa shape index (κ2) is 6.87. The third-order valence-corrected chi connectivity index (χ3v) is 3.39. The Morgan fingerprint density at radius 3 is 2.79 bits per heavy atom. The molecule has 2 N–H and O–H groups in total. The lowest BCUT2D eigenvalue weighted by molar-refractivity contribution is 0.102. The third kappa shape index (κ3) is 4.48. The van der Waals surface area contributed by atoms with Crippen LogP contribution in [0.15, 0.2) is 12.3 Å². The number of hydrogen-bond donors (Lipinski definition) is 2. The lowest BCUT2D eigenvalue weighted by atomic mass is 9.94. The molecular formula is C15H24N2O2. The van der Waals surface area contributed by atoms with Crippen molar-refractivity contribution in [1.29, 1.82) is 0 Å². The first-order valence-corrected chi connectivity index (χ1v) is 7.17. The Balaban J connectivity index is 1.82. The van der Waals surface area contributed by atoms with Crippen LogP contribution in [0.4, 0.5) is 0 Å². The van der Waals surface area contributed by atoms with E-state index in [4.69, 9.17) is 4.74 Å². The third-order valence-electron chi connectivity index (χ3n) is 3.39. The van der Waals surface area contributed by atoms with Gasteiger partial charge < -0.3 is 15.2 Å². The molecule has 1 heterocycles. The Hall–Kier alpha value is -1.13. The summed E-state index contributed by atoms with van der Waals surface area (Å²) < 4.78 is 5.57. The summed E-state index contributed by atoms with van der Waals surface area (Å²) in [5, 5.41) is 13.0. The van der Waals surface area contributed by atoms with Crippen molar-refractivity contribution in [2.24, 2.45) is 0 Å². The van der Waals surface area contributed by atoms with E-state index in [0.29, 0.717) is 18.5 Å². The van der Waals surface area contributed by atoms with Gasteiger partial charge in [-0.15, -0.1) is 0 Å². The fourth-order valence-corrected chi connectivity index (χ4v) is 2.28. The molecule has 0 saturated heterocycles. The first-order valence-electron chi connectivity index (χ1n) is 7.17. The summed E-state index contributed by atoms with van der Waals surface area (Å²) in [6.45, 7) is 4.94. The van der Waals surface area contributed by atoms with Crippen LogP contribution in [0.1, 0.15) is 37.8 Å². The standard InChI is InChI=1S/C15H24N2O2/c1-11(2)16-9-14(18)10-19-15-7-12-5-3-4-6-13(12)8-17-15/h7-8,11,14,16,18H,3-6,9-10H2,1-2H3. The number of fused-ring (bicyclic) bond motifs is 1. The molecule has 0 amide bonds. The Labute approximate surface area is 115 Å². The normalized spacial score (nSPS) is 16.2. The van der Waals surface area contributed by atoms with Crippen molar-refractivity contribution in [3.63, 3.8) is 0 Å². The summed E-state index contributed by atoms with van der Waals surface area (Å²) >= 11 is 0. The number of nitrogens with one attached hydrogen (secondary N) is 1. The van der Waals surface area contributed by atoms with Gasteiger partial charge in [0.1, 0.15) is 12.7 Å². The molecule has 0 radical (unpaired) electrons. The van der Waals surface area contributed by atoms with Gasteiger partial charge in [0.15, 0.2) is 0 Å². The van der Waals surface area contributed by atoms with Crippen molar-refractivity contribution >= 4 is 0 Å². The summed E-state index contributed by atoms with van der Waals surface area (Å²) in [5.74, 6) is 0.629. The summed E-state index contributed by atoms with van der Waals surface area (Å²) in [6.07, 6.45) is 6.17. The average Bonchev–Trinajstić information content (AvgIpc) is 2.42. The first-order chi connectivity index (χ1) is 9.15. The number of hydrogen-bond acceptors (Lipinski definition) is 4. The zero-order chi connectivity index (χ0) is 13.7. The Kier molecular flexibility index (Phi) is 5.16. The van der Waals surface area contributed by atoms with Crippen LogP contribution < -0.4 is 10.1 Å². The van der Waals surface area contributed by atoms with Gasteiger partial charge in [-0.1, -0.05) is 13.8 Å². The first kappa shape index (κ1) is 14.3. The average molecular weight is 264 g/mol. The molecule has 0 bridgehead atoms. The van der Waals surface area contributed by atoms with E-state index in [9.17, 15) is 5.11 Å². The minimum absolute atomic E-state index is 0.283. The summed E-state index contributed by atoms with van der Waals surface area (Å²) in [6, 6.07) is 2.40. The van der Waals surface area contributed by atoms with Gasteiger partial charge in [0.05, 0.1) is 0 Å². The van der Waals surface area contributed by atoms with E-state index in [1.807, 2.05) is 12.3 Å². The number of ether oxygens (including phenoxy) is 1. The second-order valence-corrected chi connectivity index (χ2v) is 5.53. The van der Waals surface area contributed by atoms with Gasteiger partial charge in [-0.3, -0.25) is 0 Å². The summed E-state index contributed by atoms with van der Waals surface area (Å²) in [5.41, 5.74) is 2.70. The topological polar surface area (TPSA) is 54.4 Å². The molecule has 1 atom stereocenters. The molecule has 1 aromatic rings. The van der Waals surface area contributed by atoms with Crippen LogP contribution in [0.2, 0.25) is 0 Å². The van der Waals surface area contributed by atoms with E-state index in [1.54, 1.807) is 0 Å². The molecule has 106 valence electrons. The van der Waals surface area contributed by atoms with Crippen molar-refractivity contribution in [1.82, 2.24) is 10.3 Å². The zero-order valence-corrected chi connectivity index (χ0v) is 11.9. The molecule has 1 aromatic heterocycles. The van der Waals surface area contributed by atoms with Gasteiger partial charge in [-0.2, -0.15) is 0 Å². The molecule has 1 aliphatic rings. The van der Waals surface area contributed by atoms with E-state index in [0.717, 1.165) is 12.8 Å². The maximum Gasteiger partial charge on any atom is 0.213 e. The molecule has 0 spiro atoms. The summed E-state index contributed by atoms with van der Waals surface area (Å²) in [4.78, 5) is 4.31. The molecule has 1 unspecified atom stereocenters. The van der Waals surface area contributed by atoms with Gasteiger partial charge >= 0.3 is 0 Å². The minimum atomic E-state index is -0.500. The molecule has 0 saturated carbocycles. The molecule has 4 heteroatoms. The SMILES string of the molecule is CC(C)NCC(O)COc1cc2c(cn1)CCCC2. The quantitative estimate of drug-likeness (QED) is 0.821. The molecule has 1 aliphatic carbocycles. The second-order valence-electron chi connectivity index (χ2n) is 5.53. The van der Waals surface area contributed by atoms with E-state index in [2.05, 4.69) is 24.1 Å². The number of nitrogens with zero attached hydrogens (tertiary/aromatic N) is 1. The number of aromatic nitrogens is 1. The maximum atomic E-state index is 9.78. The molecule has 2 rings (SSSR count). The van der Waals surface area contributed by atoms with Crippen LogP contribution in [0.25, 0.3) is 0 Å². The van der Waals surface area contributed by atoms with Gasteiger partial charge in [0.2, 0.25) is 5.88 Å². The Bertz CT molecular complexity index is 407. The number of pyridine rings is 1. The smallest absolute Gasteiger partial charge is 0.213 e. The van der Waals surface area contributed by atoms with Crippen LogP contribution in [0.5, 0.6) is 5.88 Å². The fraction of sp³-hybridized carbons (Fsp3) is 0.667. The Morgan fingerprint density at radius 1 is 1.32 bits per heavy atom. The molecule has 0 aliphatic heterocycles. The van der Waals surface area contributed by atoms with Crippen LogP contribution in [0, 0.1) is 0 Å². The molecular weight excluding hydrogens is 240 g/mol. The predicted octanol–water partition coefficient (Wildman–Crippen LogP) is 1.70. The van der Waals surface area contributed by atoms with Crippen molar-refractivity contribution in [3.05, 3.63) is 23.4 Å². The number of aliphatic hydroxyl groups is 1. The largest absolute Gasteiger partial charge is 0.475 e. The number of aliphatic hydroxyl groups excluding tert-OH is 1. The monoisotopic (exact) mass is 264 g/mol. The van der Waals surface area contributed by atoms with Crippen LogP contribution in [-0.4, -0.2) is 35.4 Å². The van der Waals surface area contributed by atoms with E-state index in [-0.39, 0.29) is 6.61 Å². The van der Waals surface area contributed by atoms with Gasteiger partial charge in [0, 0.05) is 24.8 Å². The van der Waals surface area contributed by atoms with E-state index < -0.39 is 6.10 Å². The Morgan fingerprint density at radius 2 is 2.05 bits per heavy atom.